The van der Waals surface area contributed by atoms with Gasteiger partial charge in [-0.15, -0.1) is 0 Å². The molecule has 0 amide bonds. The molecule has 1 unspecified atom stereocenters. The monoisotopic (exact) mass is 446 g/mol. The van der Waals surface area contributed by atoms with Crippen molar-refractivity contribution >= 4 is 5.97 Å². The summed E-state index contributed by atoms with van der Waals surface area (Å²) in [6, 6.07) is 0. The molecule has 4 fully saturated rings. The van der Waals surface area contributed by atoms with E-state index in [1.54, 1.807) is 0 Å². The van der Waals surface area contributed by atoms with Gasteiger partial charge < -0.3 is 4.74 Å². The fourth-order valence-corrected chi connectivity index (χ4v) is 8.70. The second kappa shape index (κ2) is 7.62. The quantitative estimate of drug-likeness (QED) is 0.340. The topological polar surface area (TPSA) is 26.3 Å². The summed E-state index contributed by atoms with van der Waals surface area (Å²) in [7, 11) is 1.39. The molecule has 0 N–H and O–H groups in total. The Morgan fingerprint density at radius 2 is 1.65 bits per heavy atom. The first-order valence-corrected chi connectivity index (χ1v) is 12.2. The minimum absolute atomic E-state index is 0.0629. The van der Waals surface area contributed by atoms with Crippen molar-refractivity contribution in [2.45, 2.75) is 96.8 Å². The van der Waals surface area contributed by atoms with Crippen molar-refractivity contribution in [3.05, 3.63) is 0 Å². The number of alkyl halides is 4. The van der Waals surface area contributed by atoms with Gasteiger partial charge in [-0.05, 0) is 78.9 Å². The largest absolute Gasteiger partial charge is 0.469 e. The van der Waals surface area contributed by atoms with E-state index in [0.717, 1.165) is 25.7 Å². The van der Waals surface area contributed by atoms with Gasteiger partial charge in [0.25, 0.3) is 5.92 Å². The first kappa shape index (κ1) is 23.4. The molecule has 0 aliphatic heterocycles. The Labute approximate surface area is 183 Å². The number of fused-ring (bicyclic) bond motifs is 5. The van der Waals surface area contributed by atoms with E-state index in [1.807, 2.05) is 6.92 Å². The highest BCUT2D eigenvalue weighted by molar-refractivity contribution is 5.69. The van der Waals surface area contributed by atoms with Crippen molar-refractivity contribution in [2.75, 3.05) is 7.11 Å². The molecule has 0 radical (unpaired) electrons. The molecule has 4 saturated carbocycles. The maximum absolute atomic E-state index is 15.7. The molecule has 0 bridgehead atoms. The Kier molecular flexibility index (Phi) is 5.74. The van der Waals surface area contributed by atoms with E-state index < -0.39 is 29.1 Å². The molecule has 178 valence electrons. The van der Waals surface area contributed by atoms with E-state index in [0.29, 0.717) is 25.2 Å². The molecular weight excluding hydrogens is 408 g/mol. The zero-order valence-corrected chi connectivity index (χ0v) is 19.4. The smallest absolute Gasteiger partial charge is 0.305 e. The van der Waals surface area contributed by atoms with E-state index in [9.17, 15) is 13.6 Å². The minimum atomic E-state index is -2.88. The third kappa shape index (κ3) is 3.72. The lowest BCUT2D eigenvalue weighted by Crippen LogP contribution is -2.61. The predicted octanol–water partition coefficient (Wildman–Crippen LogP) is 7.12. The van der Waals surface area contributed by atoms with Gasteiger partial charge in [0.05, 0.1) is 7.11 Å². The summed E-state index contributed by atoms with van der Waals surface area (Å²) in [6.07, 6.45) is 3.84. The number of halogens is 4. The summed E-state index contributed by atoms with van der Waals surface area (Å²) in [5.74, 6) is -6.82. The normalized spacial score (nSPS) is 46.4. The lowest BCUT2D eigenvalue weighted by atomic mass is 9.43. The molecule has 8 atom stereocenters. The van der Waals surface area contributed by atoms with Crippen molar-refractivity contribution in [1.82, 2.24) is 0 Å². The van der Waals surface area contributed by atoms with Gasteiger partial charge in [-0.2, -0.15) is 0 Å². The van der Waals surface area contributed by atoms with Crippen LogP contribution in [0, 0.1) is 46.3 Å². The van der Waals surface area contributed by atoms with Gasteiger partial charge in [0.1, 0.15) is 0 Å². The Hall–Kier alpha value is -0.810. The molecule has 0 saturated heterocycles. The van der Waals surface area contributed by atoms with Crippen LogP contribution < -0.4 is 0 Å². The summed E-state index contributed by atoms with van der Waals surface area (Å²) < 4.78 is 64.3. The van der Waals surface area contributed by atoms with Crippen molar-refractivity contribution in [3.8, 4) is 0 Å². The van der Waals surface area contributed by atoms with E-state index >= 15 is 8.78 Å². The maximum atomic E-state index is 15.7. The molecule has 0 heterocycles. The average molecular weight is 447 g/mol. The third-order valence-electron chi connectivity index (χ3n) is 10.4. The van der Waals surface area contributed by atoms with E-state index in [2.05, 4.69) is 13.8 Å². The van der Waals surface area contributed by atoms with Crippen molar-refractivity contribution < 1.29 is 27.1 Å². The molecule has 4 aliphatic rings. The maximum Gasteiger partial charge on any atom is 0.305 e. The highest BCUT2D eigenvalue weighted by Crippen LogP contribution is 2.71. The summed E-state index contributed by atoms with van der Waals surface area (Å²) in [6.45, 7) is 6.38. The number of ether oxygens (including phenoxy) is 1. The van der Waals surface area contributed by atoms with Crippen molar-refractivity contribution in [1.29, 1.82) is 0 Å². The number of hydrogen-bond donors (Lipinski definition) is 0. The Morgan fingerprint density at radius 1 is 0.968 bits per heavy atom. The van der Waals surface area contributed by atoms with Crippen LogP contribution in [0.5, 0.6) is 0 Å². The first-order chi connectivity index (χ1) is 14.3. The van der Waals surface area contributed by atoms with E-state index in [1.165, 1.54) is 7.11 Å². The highest BCUT2D eigenvalue weighted by Gasteiger charge is 2.69. The summed E-state index contributed by atoms with van der Waals surface area (Å²) in [5.41, 5.74) is -0.564. The molecule has 0 aromatic heterocycles. The van der Waals surface area contributed by atoms with Crippen LogP contribution in [0.15, 0.2) is 0 Å². The molecule has 4 aliphatic carbocycles. The summed E-state index contributed by atoms with van der Waals surface area (Å²) >= 11 is 0. The molecule has 0 aromatic rings. The number of carbonyl (C=O) groups excluding carboxylic acids is 1. The molecule has 0 spiro atoms. The van der Waals surface area contributed by atoms with Gasteiger partial charge in [0.15, 0.2) is 0 Å². The Bertz CT molecular complexity index is 710. The number of esters is 1. The molecule has 0 aromatic carbocycles. The van der Waals surface area contributed by atoms with Crippen LogP contribution in [-0.4, -0.2) is 24.9 Å². The van der Waals surface area contributed by atoms with Gasteiger partial charge in [-0.1, -0.05) is 20.8 Å². The molecular formula is C25H38F4O2. The SMILES string of the molecule is COC(=O)CC[C@@H](C)[C@H]1CC[C@H]2[C@H]3[C@H](CC[C@]12C)C1(C)CCC(F)(F)C[C@H]1CC3(F)F. The van der Waals surface area contributed by atoms with Crippen LogP contribution in [-0.2, 0) is 9.53 Å². The van der Waals surface area contributed by atoms with Crippen LogP contribution in [0.4, 0.5) is 17.6 Å². The van der Waals surface area contributed by atoms with E-state index in [-0.39, 0.29) is 48.4 Å². The van der Waals surface area contributed by atoms with Crippen LogP contribution >= 0.6 is 0 Å². The second-order valence-electron chi connectivity index (χ2n) is 11.8. The predicted molar refractivity (Wildman–Crippen MR) is 111 cm³/mol. The second-order valence-corrected chi connectivity index (χ2v) is 11.8. The lowest BCUT2D eigenvalue weighted by Gasteiger charge is -2.63. The Balaban J connectivity index is 1.58. The van der Waals surface area contributed by atoms with Gasteiger partial charge >= 0.3 is 5.97 Å². The number of hydrogen-bond acceptors (Lipinski definition) is 2. The number of rotatable bonds is 4. The van der Waals surface area contributed by atoms with Gasteiger partial charge in [0, 0.05) is 31.6 Å². The van der Waals surface area contributed by atoms with Gasteiger partial charge in [-0.25, -0.2) is 17.6 Å². The zero-order valence-electron chi connectivity index (χ0n) is 19.4. The number of carbonyl (C=O) groups is 1. The van der Waals surface area contributed by atoms with Crippen molar-refractivity contribution in [2.24, 2.45) is 46.3 Å². The third-order valence-corrected chi connectivity index (χ3v) is 10.4. The highest BCUT2D eigenvalue weighted by atomic mass is 19.3. The summed E-state index contributed by atoms with van der Waals surface area (Å²) in [4.78, 5) is 11.6. The van der Waals surface area contributed by atoms with Gasteiger partial charge in [-0.3, -0.25) is 4.79 Å². The Morgan fingerprint density at radius 3 is 2.32 bits per heavy atom. The fraction of sp³-hybridized carbons (Fsp3) is 0.960. The standard InChI is InChI=1S/C25H38F4O2/c1-15(5-8-20(30)31-4)17-6-7-18-21-19(9-10-23(17,18)3)22(2)11-12-24(26,27)13-16(22)14-25(21,28)29/h15-19,21H,5-14H2,1-4H3/t15-,16+,17-,18+,19+,21+,22?,23-/m1/s1. The molecule has 6 heteroatoms. The lowest BCUT2D eigenvalue weighted by molar-refractivity contribution is -0.249. The van der Waals surface area contributed by atoms with Gasteiger partial charge in [0.2, 0.25) is 5.92 Å². The van der Waals surface area contributed by atoms with Crippen LogP contribution in [0.1, 0.15) is 85.0 Å². The zero-order chi connectivity index (χ0) is 22.8. The van der Waals surface area contributed by atoms with Crippen LogP contribution in [0.3, 0.4) is 0 Å². The molecule has 31 heavy (non-hydrogen) atoms. The van der Waals surface area contributed by atoms with Crippen LogP contribution in [0.2, 0.25) is 0 Å². The van der Waals surface area contributed by atoms with Crippen molar-refractivity contribution in [3.63, 3.8) is 0 Å². The minimum Gasteiger partial charge on any atom is -0.469 e. The van der Waals surface area contributed by atoms with E-state index in [4.69, 9.17) is 4.74 Å². The fourth-order valence-electron chi connectivity index (χ4n) is 8.70. The summed E-state index contributed by atoms with van der Waals surface area (Å²) in [5, 5.41) is 0. The molecule has 4 rings (SSSR count). The number of methoxy groups -OCH3 is 1. The average Bonchev–Trinajstić information content (AvgIpc) is 3.04. The first-order valence-electron chi connectivity index (χ1n) is 12.2. The molecule has 2 nitrogen and oxygen atoms in total. The van der Waals surface area contributed by atoms with Crippen LogP contribution in [0.25, 0.3) is 0 Å².